The normalized spacial score (nSPS) is 13.8. The van der Waals surface area contributed by atoms with Crippen molar-refractivity contribution >= 4 is 28.2 Å². The Morgan fingerprint density at radius 2 is 1.77 bits per heavy atom. The average Bonchev–Trinajstić information content (AvgIpc) is 2.90. The molecule has 4 N–H and O–H groups in total. The predicted molar refractivity (Wildman–Crippen MR) is 137 cm³/mol. The van der Waals surface area contributed by atoms with Gasteiger partial charge < -0.3 is 21.1 Å². The van der Waals surface area contributed by atoms with Crippen LogP contribution in [0.5, 0.6) is 0 Å². The van der Waals surface area contributed by atoms with E-state index in [2.05, 4.69) is 19.9 Å². The van der Waals surface area contributed by atoms with Crippen molar-refractivity contribution in [2.24, 2.45) is 5.73 Å². The van der Waals surface area contributed by atoms with Gasteiger partial charge in [-0.2, -0.15) is 0 Å². The predicted octanol–water partition coefficient (Wildman–Crippen LogP) is 3.04. The molecule has 0 spiro atoms. The van der Waals surface area contributed by atoms with E-state index in [-0.39, 0.29) is 23.7 Å². The van der Waals surface area contributed by atoms with Crippen molar-refractivity contribution < 1.29 is 9.53 Å². The summed E-state index contributed by atoms with van der Waals surface area (Å²) in [5.41, 5.74) is 17.3. The van der Waals surface area contributed by atoms with E-state index in [1.54, 1.807) is 12.4 Å². The number of ketones is 1. The number of hydrogen-bond donors (Lipinski definition) is 2. The molecule has 178 valence electrons. The van der Waals surface area contributed by atoms with Crippen LogP contribution in [-0.2, 0) is 17.6 Å². The molecule has 0 saturated carbocycles. The van der Waals surface area contributed by atoms with Gasteiger partial charge in [-0.1, -0.05) is 42.5 Å². The first-order valence-corrected chi connectivity index (χ1v) is 11.8. The van der Waals surface area contributed by atoms with Crippen LogP contribution < -0.4 is 16.4 Å². The fourth-order valence-corrected chi connectivity index (χ4v) is 4.47. The summed E-state index contributed by atoms with van der Waals surface area (Å²) in [6, 6.07) is 15.9. The van der Waals surface area contributed by atoms with Crippen molar-refractivity contribution in [2.75, 3.05) is 43.5 Å². The number of anilines is 2. The Hall–Kier alpha value is -3.88. The molecule has 8 heteroatoms. The molecule has 0 bridgehead atoms. The summed E-state index contributed by atoms with van der Waals surface area (Å²) < 4.78 is 5.55. The lowest BCUT2D eigenvalue weighted by Crippen LogP contribution is -2.37. The van der Waals surface area contributed by atoms with Gasteiger partial charge in [0, 0.05) is 42.2 Å². The van der Waals surface area contributed by atoms with Crippen LogP contribution in [0.15, 0.2) is 60.9 Å². The Morgan fingerprint density at radius 1 is 1.00 bits per heavy atom. The summed E-state index contributed by atoms with van der Waals surface area (Å²) in [5.74, 6) is -0.0663. The van der Waals surface area contributed by atoms with Gasteiger partial charge >= 0.3 is 0 Å². The molecule has 0 aliphatic carbocycles. The van der Waals surface area contributed by atoms with Gasteiger partial charge in [0.1, 0.15) is 5.69 Å². The zero-order valence-corrected chi connectivity index (χ0v) is 19.5. The lowest BCUT2D eigenvalue weighted by atomic mass is 10.0. The number of pyridine rings is 1. The Labute approximate surface area is 204 Å². The number of rotatable bonds is 7. The number of nitrogens with zero attached hydrogens (tertiary/aromatic N) is 4. The SMILES string of the molecule is NCCc1ccc(-c2cnc(N)c(C(=O)Cc3cnc4ccccc4c3N3CCOCC3)n2)cc1. The molecule has 1 fully saturated rings. The van der Waals surface area contributed by atoms with Gasteiger partial charge in [0.05, 0.1) is 36.3 Å². The first-order valence-electron chi connectivity index (χ1n) is 11.8. The van der Waals surface area contributed by atoms with E-state index in [0.717, 1.165) is 52.8 Å². The first-order chi connectivity index (χ1) is 17.1. The summed E-state index contributed by atoms with van der Waals surface area (Å²) in [6.07, 6.45) is 4.32. The number of morpholine rings is 1. The van der Waals surface area contributed by atoms with E-state index in [9.17, 15) is 4.79 Å². The van der Waals surface area contributed by atoms with Gasteiger partial charge in [0.15, 0.2) is 11.6 Å². The molecule has 1 aliphatic heterocycles. The number of carbonyl (C=O) groups is 1. The number of aromatic nitrogens is 3. The highest BCUT2D eigenvalue weighted by Crippen LogP contribution is 2.31. The van der Waals surface area contributed by atoms with Crippen molar-refractivity contribution in [1.29, 1.82) is 0 Å². The molecule has 5 rings (SSSR count). The van der Waals surface area contributed by atoms with Gasteiger partial charge in [-0.25, -0.2) is 9.97 Å². The maximum absolute atomic E-state index is 13.5. The van der Waals surface area contributed by atoms with Crippen molar-refractivity contribution in [1.82, 2.24) is 15.0 Å². The zero-order valence-electron chi connectivity index (χ0n) is 19.5. The van der Waals surface area contributed by atoms with Gasteiger partial charge in [-0.05, 0) is 24.6 Å². The van der Waals surface area contributed by atoms with Crippen LogP contribution in [0.25, 0.3) is 22.2 Å². The number of benzene rings is 2. The standard InChI is InChI=1S/C27H28N6O2/c28-10-9-18-5-7-19(8-6-18)23-17-31-27(29)25(32-23)24(34)15-20-16-30-22-4-2-1-3-21(22)26(20)33-11-13-35-14-12-33/h1-8,16-17H,9-15,28H2,(H2,29,31). The Balaban J connectivity index is 1.48. The molecule has 1 aliphatic rings. The van der Waals surface area contributed by atoms with E-state index in [1.165, 1.54) is 0 Å². The third-order valence-electron chi connectivity index (χ3n) is 6.25. The Bertz CT molecular complexity index is 1350. The van der Waals surface area contributed by atoms with Crippen LogP contribution in [0.2, 0.25) is 0 Å². The highest BCUT2D eigenvalue weighted by molar-refractivity contribution is 6.02. The second kappa shape index (κ2) is 10.2. The van der Waals surface area contributed by atoms with Crippen molar-refractivity contribution in [3.63, 3.8) is 0 Å². The van der Waals surface area contributed by atoms with Gasteiger partial charge in [-0.15, -0.1) is 0 Å². The van der Waals surface area contributed by atoms with Crippen LogP contribution in [0.1, 0.15) is 21.6 Å². The molecular weight excluding hydrogens is 440 g/mol. The number of nitrogen functional groups attached to an aromatic ring is 1. The third-order valence-corrected chi connectivity index (χ3v) is 6.25. The van der Waals surface area contributed by atoms with Gasteiger partial charge in [-0.3, -0.25) is 9.78 Å². The minimum atomic E-state index is -0.191. The minimum Gasteiger partial charge on any atom is -0.382 e. The van der Waals surface area contributed by atoms with Crippen LogP contribution >= 0.6 is 0 Å². The average molecular weight is 469 g/mol. The second-order valence-electron chi connectivity index (χ2n) is 8.57. The molecule has 35 heavy (non-hydrogen) atoms. The molecule has 0 radical (unpaired) electrons. The first kappa shape index (κ1) is 22.9. The Kier molecular flexibility index (Phi) is 6.65. The van der Waals surface area contributed by atoms with E-state index in [1.807, 2.05) is 48.5 Å². The number of para-hydroxylation sites is 1. The summed E-state index contributed by atoms with van der Waals surface area (Å²) in [6.45, 7) is 3.40. The van der Waals surface area contributed by atoms with Crippen molar-refractivity contribution in [3.05, 3.63) is 77.7 Å². The fourth-order valence-electron chi connectivity index (χ4n) is 4.47. The number of ether oxygens (including phenoxy) is 1. The summed E-state index contributed by atoms with van der Waals surface area (Å²) >= 11 is 0. The third kappa shape index (κ3) is 4.84. The molecular formula is C27H28N6O2. The fraction of sp³-hybridized carbons (Fsp3) is 0.259. The smallest absolute Gasteiger partial charge is 0.189 e. The second-order valence-corrected chi connectivity index (χ2v) is 8.57. The highest BCUT2D eigenvalue weighted by atomic mass is 16.5. The highest BCUT2D eigenvalue weighted by Gasteiger charge is 2.22. The molecule has 4 aromatic rings. The number of Topliss-reactive ketones (excluding diaryl/α,β-unsaturated/α-hetero) is 1. The van der Waals surface area contributed by atoms with Crippen LogP contribution in [0.4, 0.5) is 11.5 Å². The lowest BCUT2D eigenvalue weighted by molar-refractivity contribution is 0.0988. The number of fused-ring (bicyclic) bond motifs is 1. The van der Waals surface area contributed by atoms with E-state index < -0.39 is 0 Å². The molecule has 0 amide bonds. The lowest BCUT2D eigenvalue weighted by Gasteiger charge is -2.31. The molecule has 1 saturated heterocycles. The quantitative estimate of drug-likeness (QED) is 0.397. The van der Waals surface area contributed by atoms with E-state index >= 15 is 0 Å². The summed E-state index contributed by atoms with van der Waals surface area (Å²) in [7, 11) is 0. The molecule has 3 heterocycles. The Morgan fingerprint density at radius 3 is 2.54 bits per heavy atom. The minimum absolute atomic E-state index is 0.125. The zero-order chi connectivity index (χ0) is 24.2. The molecule has 0 atom stereocenters. The van der Waals surface area contributed by atoms with Crippen molar-refractivity contribution in [2.45, 2.75) is 12.8 Å². The molecule has 2 aromatic heterocycles. The molecule has 2 aromatic carbocycles. The number of hydrogen-bond acceptors (Lipinski definition) is 8. The van der Waals surface area contributed by atoms with Crippen LogP contribution in [0, 0.1) is 0 Å². The largest absolute Gasteiger partial charge is 0.382 e. The van der Waals surface area contributed by atoms with Gasteiger partial charge in [0.25, 0.3) is 0 Å². The van der Waals surface area contributed by atoms with Gasteiger partial charge in [0.2, 0.25) is 0 Å². The van der Waals surface area contributed by atoms with Crippen molar-refractivity contribution in [3.8, 4) is 11.3 Å². The van der Waals surface area contributed by atoms with E-state index in [0.29, 0.717) is 25.5 Å². The summed E-state index contributed by atoms with van der Waals surface area (Å²) in [5, 5.41) is 1.02. The van der Waals surface area contributed by atoms with Crippen LogP contribution in [0.3, 0.4) is 0 Å². The van der Waals surface area contributed by atoms with E-state index in [4.69, 9.17) is 16.2 Å². The topological polar surface area (TPSA) is 120 Å². The number of carbonyl (C=O) groups excluding carboxylic acids is 1. The van der Waals surface area contributed by atoms with Crippen LogP contribution in [-0.4, -0.2) is 53.6 Å². The number of nitrogens with two attached hydrogens (primary N) is 2. The summed E-state index contributed by atoms with van der Waals surface area (Å²) in [4.78, 5) is 29.2. The molecule has 8 nitrogen and oxygen atoms in total. The monoisotopic (exact) mass is 468 g/mol. The maximum atomic E-state index is 13.5. The molecule has 0 unspecified atom stereocenters. The maximum Gasteiger partial charge on any atom is 0.189 e.